The Bertz CT molecular complexity index is 881. The maximum atomic E-state index is 11.1. The maximum absolute atomic E-state index is 11.1. The molecule has 1 aliphatic rings. The van der Waals surface area contributed by atoms with Crippen molar-refractivity contribution >= 4 is 28.1 Å². The van der Waals surface area contributed by atoms with Crippen molar-refractivity contribution in [3.8, 4) is 10.6 Å². The summed E-state index contributed by atoms with van der Waals surface area (Å²) in [6, 6.07) is 11.2. The molecule has 0 amide bonds. The summed E-state index contributed by atoms with van der Waals surface area (Å²) in [6.45, 7) is 1.56. The fraction of sp³-hybridized carbons (Fsp3) is 0.222. The second-order valence-corrected chi connectivity index (χ2v) is 6.58. The number of rotatable bonds is 3. The number of carbonyl (C=O) groups is 1. The highest BCUT2D eigenvalue weighted by atomic mass is 32.1. The van der Waals surface area contributed by atoms with Gasteiger partial charge < -0.3 is 9.84 Å². The zero-order valence-electron chi connectivity index (χ0n) is 12.4. The monoisotopic (exact) mass is 325 g/mol. The van der Waals surface area contributed by atoms with Crippen molar-refractivity contribution in [2.45, 2.75) is 12.3 Å². The summed E-state index contributed by atoms with van der Waals surface area (Å²) in [7, 11) is 0. The van der Waals surface area contributed by atoms with Gasteiger partial charge in [0.05, 0.1) is 17.9 Å². The maximum Gasteiger partial charge on any atom is 0.335 e. The fourth-order valence-corrected chi connectivity index (χ4v) is 3.79. The molecule has 1 aromatic heterocycles. The fourth-order valence-electron chi connectivity index (χ4n) is 2.89. The molecule has 4 nitrogen and oxygen atoms in total. The van der Waals surface area contributed by atoms with E-state index in [9.17, 15) is 4.79 Å². The van der Waals surface area contributed by atoms with E-state index in [2.05, 4.69) is 5.38 Å². The van der Waals surface area contributed by atoms with Crippen LogP contribution in [0.4, 0.5) is 0 Å². The summed E-state index contributed by atoms with van der Waals surface area (Å²) in [6.07, 6.45) is 1.03. The summed E-state index contributed by atoms with van der Waals surface area (Å²) >= 11 is 1.63. The van der Waals surface area contributed by atoms with Gasteiger partial charge in [0.25, 0.3) is 0 Å². The quantitative estimate of drug-likeness (QED) is 0.785. The van der Waals surface area contributed by atoms with Gasteiger partial charge in [-0.15, -0.1) is 11.3 Å². The number of hydrogen-bond acceptors (Lipinski definition) is 4. The first-order chi connectivity index (χ1) is 11.2. The van der Waals surface area contributed by atoms with Crippen LogP contribution in [0.1, 0.15) is 28.4 Å². The number of carboxylic acid groups (broad SMARTS) is 1. The van der Waals surface area contributed by atoms with Gasteiger partial charge in [-0.05, 0) is 35.4 Å². The summed E-state index contributed by atoms with van der Waals surface area (Å²) in [5.41, 5.74) is 2.43. The van der Waals surface area contributed by atoms with E-state index in [-0.39, 0.29) is 0 Å². The van der Waals surface area contributed by atoms with Crippen LogP contribution in [0.3, 0.4) is 0 Å². The van der Waals surface area contributed by atoms with Crippen LogP contribution in [-0.4, -0.2) is 29.3 Å². The minimum absolute atomic E-state index is 0.303. The first-order valence-electron chi connectivity index (χ1n) is 7.51. The number of ether oxygens (including phenoxy) is 1. The van der Waals surface area contributed by atoms with Gasteiger partial charge in [0.2, 0.25) is 0 Å². The summed E-state index contributed by atoms with van der Waals surface area (Å²) in [5.74, 6) is -0.505. The summed E-state index contributed by atoms with van der Waals surface area (Å²) in [4.78, 5) is 15.9. The number of carboxylic acids is 1. The van der Waals surface area contributed by atoms with Crippen LogP contribution >= 0.6 is 11.3 Å². The standard InChI is InChI=1S/C18H15NO3S/c20-18(21)13-4-2-11-1-3-12(7-15(11)8-13)17-19-16(10-23-17)14-5-6-22-9-14/h1-4,7-8,10,14H,5-6,9H2,(H,20,21). The molecule has 3 aromatic rings. The van der Waals surface area contributed by atoms with Gasteiger partial charge in [-0.3, -0.25) is 0 Å². The highest BCUT2D eigenvalue weighted by molar-refractivity contribution is 7.13. The zero-order chi connectivity index (χ0) is 15.8. The van der Waals surface area contributed by atoms with E-state index in [0.29, 0.717) is 11.5 Å². The molecule has 23 heavy (non-hydrogen) atoms. The number of hydrogen-bond donors (Lipinski definition) is 1. The number of fused-ring (bicyclic) bond motifs is 1. The van der Waals surface area contributed by atoms with Crippen LogP contribution in [0.25, 0.3) is 21.3 Å². The molecule has 0 spiro atoms. The summed E-state index contributed by atoms with van der Waals surface area (Å²) in [5, 5.41) is 14.2. The molecule has 2 aromatic carbocycles. The third-order valence-corrected chi connectivity index (χ3v) is 5.11. The van der Waals surface area contributed by atoms with Crippen LogP contribution in [0.2, 0.25) is 0 Å². The molecule has 116 valence electrons. The Balaban J connectivity index is 1.72. The Hall–Kier alpha value is -2.24. The Morgan fingerprint density at radius 1 is 1.22 bits per heavy atom. The predicted molar refractivity (Wildman–Crippen MR) is 90.2 cm³/mol. The second-order valence-electron chi connectivity index (χ2n) is 5.72. The van der Waals surface area contributed by atoms with Gasteiger partial charge in [0.15, 0.2) is 0 Å². The number of nitrogens with zero attached hydrogens (tertiary/aromatic N) is 1. The molecule has 0 saturated carbocycles. The lowest BCUT2D eigenvalue weighted by molar-refractivity contribution is 0.0697. The van der Waals surface area contributed by atoms with Gasteiger partial charge in [0, 0.05) is 23.5 Å². The third-order valence-electron chi connectivity index (χ3n) is 4.20. The lowest BCUT2D eigenvalue weighted by Crippen LogP contribution is -1.97. The van der Waals surface area contributed by atoms with Crippen LogP contribution in [0.15, 0.2) is 41.8 Å². The van der Waals surface area contributed by atoms with Gasteiger partial charge in [-0.1, -0.05) is 18.2 Å². The van der Waals surface area contributed by atoms with E-state index < -0.39 is 5.97 Å². The molecule has 2 heterocycles. The lowest BCUT2D eigenvalue weighted by Gasteiger charge is -2.04. The second kappa shape index (κ2) is 5.76. The van der Waals surface area contributed by atoms with Crippen LogP contribution < -0.4 is 0 Å². The van der Waals surface area contributed by atoms with Crippen molar-refractivity contribution < 1.29 is 14.6 Å². The molecule has 0 bridgehead atoms. The zero-order valence-corrected chi connectivity index (χ0v) is 13.2. The van der Waals surface area contributed by atoms with E-state index in [1.54, 1.807) is 23.5 Å². The molecule has 0 aliphatic carbocycles. The molecule has 0 radical (unpaired) electrons. The number of aromatic nitrogens is 1. The first kappa shape index (κ1) is 14.4. The van der Waals surface area contributed by atoms with Gasteiger partial charge in [-0.2, -0.15) is 0 Å². The van der Waals surface area contributed by atoms with Gasteiger partial charge >= 0.3 is 5.97 Å². The highest BCUT2D eigenvalue weighted by Crippen LogP contribution is 2.32. The highest BCUT2D eigenvalue weighted by Gasteiger charge is 2.20. The van der Waals surface area contributed by atoms with Gasteiger partial charge in [0.1, 0.15) is 5.01 Å². The van der Waals surface area contributed by atoms with Crippen molar-refractivity contribution in [1.82, 2.24) is 4.98 Å². The topological polar surface area (TPSA) is 59.4 Å². The van der Waals surface area contributed by atoms with E-state index in [1.165, 1.54) is 0 Å². The molecule has 1 aliphatic heterocycles. The van der Waals surface area contributed by atoms with Crippen molar-refractivity contribution in [3.63, 3.8) is 0 Å². The molecular formula is C18H15NO3S. The lowest BCUT2D eigenvalue weighted by atomic mass is 10.0. The smallest absolute Gasteiger partial charge is 0.335 e. The molecule has 1 fully saturated rings. The molecule has 1 saturated heterocycles. The van der Waals surface area contributed by atoms with E-state index in [0.717, 1.165) is 46.7 Å². The van der Waals surface area contributed by atoms with Crippen LogP contribution in [0, 0.1) is 0 Å². The number of benzene rings is 2. The van der Waals surface area contributed by atoms with Crippen molar-refractivity contribution in [3.05, 3.63) is 53.0 Å². The Morgan fingerprint density at radius 2 is 2.09 bits per heavy atom. The average Bonchev–Trinajstić information content (AvgIpc) is 3.24. The van der Waals surface area contributed by atoms with Crippen molar-refractivity contribution in [2.24, 2.45) is 0 Å². The normalized spacial score (nSPS) is 17.7. The SMILES string of the molecule is O=C(O)c1ccc2ccc(-c3nc(C4CCOC4)cs3)cc2c1. The number of aromatic carboxylic acids is 1. The minimum atomic E-state index is -0.907. The molecule has 1 atom stereocenters. The average molecular weight is 325 g/mol. The molecular weight excluding hydrogens is 310 g/mol. The molecule has 1 N–H and O–H groups in total. The van der Waals surface area contributed by atoms with E-state index >= 15 is 0 Å². The summed E-state index contributed by atoms with van der Waals surface area (Å²) < 4.78 is 5.43. The van der Waals surface area contributed by atoms with E-state index in [4.69, 9.17) is 14.8 Å². The van der Waals surface area contributed by atoms with Crippen molar-refractivity contribution in [1.29, 1.82) is 0 Å². The third kappa shape index (κ3) is 2.73. The van der Waals surface area contributed by atoms with Gasteiger partial charge in [-0.25, -0.2) is 9.78 Å². The van der Waals surface area contributed by atoms with E-state index in [1.807, 2.05) is 24.3 Å². The molecule has 1 unspecified atom stereocenters. The minimum Gasteiger partial charge on any atom is -0.478 e. The predicted octanol–water partition coefficient (Wildman–Crippen LogP) is 4.17. The molecule has 5 heteroatoms. The Morgan fingerprint density at radius 3 is 2.87 bits per heavy atom. The first-order valence-corrected chi connectivity index (χ1v) is 8.39. The molecule has 4 rings (SSSR count). The van der Waals surface area contributed by atoms with Crippen molar-refractivity contribution in [2.75, 3.05) is 13.2 Å². The Labute approximate surface area is 137 Å². The largest absolute Gasteiger partial charge is 0.478 e. The Kier molecular flexibility index (Phi) is 3.59. The van der Waals surface area contributed by atoms with Crippen LogP contribution in [-0.2, 0) is 4.74 Å². The number of thiazole rings is 1. The van der Waals surface area contributed by atoms with Crippen LogP contribution in [0.5, 0.6) is 0 Å².